The van der Waals surface area contributed by atoms with E-state index in [0.29, 0.717) is 17.1 Å². The molecule has 4 N–H and O–H groups in total. The third-order valence-corrected chi connectivity index (χ3v) is 5.52. The number of hydrogen-bond donors (Lipinski definition) is 3. The number of H-pyrrole nitrogens is 1. The van der Waals surface area contributed by atoms with E-state index in [1.54, 1.807) is 55.6 Å². The van der Waals surface area contributed by atoms with Crippen molar-refractivity contribution in [3.05, 3.63) is 106 Å². The number of pyridine rings is 1. The van der Waals surface area contributed by atoms with Crippen molar-refractivity contribution < 1.29 is 13.9 Å². The standard InChI is InChI=1S/C26H20FN5O3/c1-15-7-9-19(26(34)32(15)18-5-3-2-4-6-18)25(33)30-17-8-10-23(20(27)12-17)35-24-11-16-14-29-31-22(16)13-21(24)28/h2-14H,28H2,1H3,(H,29,31)(H,30,33). The zero-order chi connectivity index (χ0) is 24.5. The number of carbonyl (C=O) groups excluding carboxylic acids is 1. The Morgan fingerprint density at radius 3 is 2.63 bits per heavy atom. The Kier molecular flexibility index (Phi) is 5.50. The van der Waals surface area contributed by atoms with Crippen LogP contribution in [0.25, 0.3) is 16.6 Å². The topological polar surface area (TPSA) is 115 Å². The summed E-state index contributed by atoms with van der Waals surface area (Å²) < 4.78 is 21.9. The largest absolute Gasteiger partial charge is 0.452 e. The summed E-state index contributed by atoms with van der Waals surface area (Å²) in [5.41, 5.74) is 8.00. The summed E-state index contributed by atoms with van der Waals surface area (Å²) >= 11 is 0. The Balaban J connectivity index is 1.38. The van der Waals surface area contributed by atoms with Crippen LogP contribution in [-0.4, -0.2) is 20.7 Å². The minimum Gasteiger partial charge on any atom is -0.452 e. The fourth-order valence-corrected chi connectivity index (χ4v) is 3.76. The molecule has 0 bridgehead atoms. The second-order valence-corrected chi connectivity index (χ2v) is 7.91. The molecule has 5 aromatic rings. The van der Waals surface area contributed by atoms with Gasteiger partial charge in [-0.2, -0.15) is 5.10 Å². The molecule has 0 saturated carbocycles. The van der Waals surface area contributed by atoms with E-state index in [4.69, 9.17) is 10.5 Å². The van der Waals surface area contributed by atoms with E-state index >= 15 is 0 Å². The van der Waals surface area contributed by atoms with Crippen molar-refractivity contribution >= 4 is 28.2 Å². The van der Waals surface area contributed by atoms with Gasteiger partial charge in [-0.15, -0.1) is 0 Å². The molecule has 0 spiro atoms. The van der Waals surface area contributed by atoms with Crippen LogP contribution >= 0.6 is 0 Å². The summed E-state index contributed by atoms with van der Waals surface area (Å²) in [5, 5.41) is 10.1. The van der Waals surface area contributed by atoms with Gasteiger partial charge in [0.25, 0.3) is 11.5 Å². The summed E-state index contributed by atoms with van der Waals surface area (Å²) in [4.78, 5) is 25.9. The zero-order valence-corrected chi connectivity index (χ0v) is 18.6. The van der Waals surface area contributed by atoms with Crippen LogP contribution in [0.15, 0.2) is 83.8 Å². The third kappa shape index (κ3) is 4.22. The van der Waals surface area contributed by atoms with Gasteiger partial charge in [0.2, 0.25) is 0 Å². The van der Waals surface area contributed by atoms with Gasteiger partial charge in [0, 0.05) is 28.5 Å². The first-order valence-corrected chi connectivity index (χ1v) is 10.7. The summed E-state index contributed by atoms with van der Waals surface area (Å²) in [6.45, 7) is 1.78. The lowest BCUT2D eigenvalue weighted by molar-refractivity contribution is 0.102. The predicted octanol–water partition coefficient (Wildman–Crippen LogP) is 4.79. The van der Waals surface area contributed by atoms with Crippen LogP contribution in [0.3, 0.4) is 0 Å². The number of rotatable bonds is 5. The highest BCUT2D eigenvalue weighted by atomic mass is 19.1. The average Bonchev–Trinajstić information content (AvgIpc) is 3.28. The van der Waals surface area contributed by atoms with Crippen LogP contribution in [-0.2, 0) is 0 Å². The van der Waals surface area contributed by atoms with E-state index < -0.39 is 17.3 Å². The number of nitrogens with two attached hydrogens (primary N) is 1. The van der Waals surface area contributed by atoms with Gasteiger partial charge < -0.3 is 15.8 Å². The number of ether oxygens (including phenoxy) is 1. The number of nitrogens with zero attached hydrogens (tertiary/aromatic N) is 2. The fraction of sp³-hybridized carbons (Fsp3) is 0.0385. The highest BCUT2D eigenvalue weighted by Gasteiger charge is 2.16. The van der Waals surface area contributed by atoms with Gasteiger partial charge in [0.1, 0.15) is 5.56 Å². The maximum absolute atomic E-state index is 14.8. The lowest BCUT2D eigenvalue weighted by atomic mass is 10.2. The Bertz CT molecular complexity index is 1630. The van der Waals surface area contributed by atoms with Crippen LogP contribution < -0.4 is 21.3 Å². The molecule has 0 aliphatic rings. The Hall–Kier alpha value is -4.92. The first kappa shape index (κ1) is 21.9. The van der Waals surface area contributed by atoms with E-state index in [2.05, 4.69) is 15.5 Å². The molecular weight excluding hydrogens is 449 g/mol. The van der Waals surface area contributed by atoms with Crippen LogP contribution in [0.5, 0.6) is 11.5 Å². The number of benzene rings is 3. The van der Waals surface area contributed by atoms with Crippen molar-refractivity contribution in [1.29, 1.82) is 0 Å². The second kappa shape index (κ2) is 8.79. The zero-order valence-electron chi connectivity index (χ0n) is 18.6. The molecule has 0 atom stereocenters. The van der Waals surface area contributed by atoms with Gasteiger partial charge in [-0.3, -0.25) is 19.3 Å². The van der Waals surface area contributed by atoms with E-state index in [0.717, 1.165) is 17.0 Å². The highest BCUT2D eigenvalue weighted by Crippen LogP contribution is 2.33. The van der Waals surface area contributed by atoms with E-state index in [1.165, 1.54) is 22.8 Å². The number of nitrogen functional groups attached to an aromatic ring is 1. The van der Waals surface area contributed by atoms with Crippen LogP contribution in [0, 0.1) is 12.7 Å². The number of aromatic nitrogens is 3. The Morgan fingerprint density at radius 2 is 1.86 bits per heavy atom. The number of para-hydroxylation sites is 1. The number of carbonyl (C=O) groups is 1. The van der Waals surface area contributed by atoms with E-state index in [-0.39, 0.29) is 22.7 Å². The number of fused-ring (bicyclic) bond motifs is 1. The number of aryl methyl sites for hydroxylation is 1. The molecule has 0 radical (unpaired) electrons. The number of amides is 1. The normalized spacial score (nSPS) is 10.9. The fourth-order valence-electron chi connectivity index (χ4n) is 3.76. The first-order valence-electron chi connectivity index (χ1n) is 10.7. The van der Waals surface area contributed by atoms with Gasteiger partial charge in [-0.25, -0.2) is 4.39 Å². The van der Waals surface area contributed by atoms with Crippen molar-refractivity contribution in [2.75, 3.05) is 11.1 Å². The molecule has 3 aromatic carbocycles. The molecule has 35 heavy (non-hydrogen) atoms. The van der Waals surface area contributed by atoms with Gasteiger partial charge >= 0.3 is 0 Å². The summed E-state index contributed by atoms with van der Waals surface area (Å²) in [5.74, 6) is -1.16. The Labute approximate surface area is 198 Å². The molecule has 9 heteroatoms. The molecule has 1 amide bonds. The number of hydrogen-bond acceptors (Lipinski definition) is 5. The number of halogens is 1. The monoisotopic (exact) mass is 469 g/mol. The van der Waals surface area contributed by atoms with E-state index in [9.17, 15) is 14.0 Å². The molecule has 2 aromatic heterocycles. The molecule has 0 saturated heterocycles. The molecule has 174 valence electrons. The molecule has 2 heterocycles. The maximum atomic E-state index is 14.8. The first-order chi connectivity index (χ1) is 16.9. The second-order valence-electron chi connectivity index (χ2n) is 7.91. The van der Waals surface area contributed by atoms with Crippen LogP contribution in [0.2, 0.25) is 0 Å². The van der Waals surface area contributed by atoms with Gasteiger partial charge in [-0.05, 0) is 55.5 Å². The summed E-state index contributed by atoms with van der Waals surface area (Å²) in [6.07, 6.45) is 1.60. The summed E-state index contributed by atoms with van der Waals surface area (Å²) in [7, 11) is 0. The van der Waals surface area contributed by atoms with Crippen molar-refractivity contribution in [2.24, 2.45) is 0 Å². The number of nitrogens with one attached hydrogen (secondary N) is 2. The molecule has 8 nitrogen and oxygen atoms in total. The molecule has 5 rings (SSSR count). The Morgan fingerprint density at radius 1 is 1.06 bits per heavy atom. The molecule has 0 aliphatic heterocycles. The van der Waals surface area contributed by atoms with E-state index in [1.807, 2.05) is 6.07 Å². The maximum Gasteiger partial charge on any atom is 0.268 e. The summed E-state index contributed by atoms with van der Waals surface area (Å²) in [6, 6.07) is 19.4. The van der Waals surface area contributed by atoms with Crippen molar-refractivity contribution in [3.8, 4) is 17.2 Å². The smallest absolute Gasteiger partial charge is 0.268 e. The third-order valence-electron chi connectivity index (χ3n) is 5.52. The number of anilines is 2. The molecule has 0 unspecified atom stereocenters. The van der Waals surface area contributed by atoms with Gasteiger partial charge in [-0.1, -0.05) is 18.2 Å². The quantitative estimate of drug-likeness (QED) is 0.320. The van der Waals surface area contributed by atoms with Crippen LogP contribution in [0.4, 0.5) is 15.8 Å². The van der Waals surface area contributed by atoms with Crippen molar-refractivity contribution in [3.63, 3.8) is 0 Å². The molecule has 0 fully saturated rings. The average molecular weight is 469 g/mol. The van der Waals surface area contributed by atoms with Crippen LogP contribution in [0.1, 0.15) is 16.1 Å². The van der Waals surface area contributed by atoms with Crippen molar-refractivity contribution in [1.82, 2.24) is 14.8 Å². The van der Waals surface area contributed by atoms with Crippen molar-refractivity contribution in [2.45, 2.75) is 6.92 Å². The number of aromatic amines is 1. The molecular formula is C26H20FN5O3. The highest BCUT2D eigenvalue weighted by molar-refractivity contribution is 6.04. The molecule has 0 aliphatic carbocycles. The minimum absolute atomic E-state index is 0.0682. The predicted molar refractivity (Wildman–Crippen MR) is 132 cm³/mol. The SMILES string of the molecule is Cc1ccc(C(=O)Nc2ccc(Oc3cc4cn[nH]c4cc3N)c(F)c2)c(=O)n1-c1ccccc1. The lowest BCUT2D eigenvalue weighted by Gasteiger charge is -2.13. The lowest BCUT2D eigenvalue weighted by Crippen LogP contribution is -2.29. The van der Waals surface area contributed by atoms with Gasteiger partial charge in [0.15, 0.2) is 17.3 Å². The minimum atomic E-state index is -0.708. The van der Waals surface area contributed by atoms with Gasteiger partial charge in [0.05, 0.1) is 17.4 Å².